The van der Waals surface area contributed by atoms with Gasteiger partial charge in [-0.1, -0.05) is 30.3 Å². The molecule has 8 nitrogen and oxygen atoms in total. The predicted molar refractivity (Wildman–Crippen MR) is 105 cm³/mol. The van der Waals surface area contributed by atoms with Crippen LogP contribution in [0, 0.1) is 0 Å². The lowest BCUT2D eigenvalue weighted by atomic mass is 10.2. The summed E-state index contributed by atoms with van der Waals surface area (Å²) in [5.41, 5.74) is 1.97. The number of ether oxygens (including phenoxy) is 2. The van der Waals surface area contributed by atoms with Crippen LogP contribution in [0.4, 0.5) is 4.79 Å². The van der Waals surface area contributed by atoms with Crippen LogP contribution in [0.5, 0.6) is 5.75 Å². The molecule has 2 aromatic rings. The Labute approximate surface area is 163 Å². The van der Waals surface area contributed by atoms with Crippen molar-refractivity contribution in [2.45, 2.75) is 39.9 Å². The number of nitrogens with one attached hydrogen (secondary N) is 2. The molecular formula is C20H25N3O5. The first-order valence-corrected chi connectivity index (χ1v) is 8.92. The summed E-state index contributed by atoms with van der Waals surface area (Å²) in [6, 6.07) is 10.4. The van der Waals surface area contributed by atoms with Crippen LogP contribution in [0.25, 0.3) is 0 Å². The summed E-state index contributed by atoms with van der Waals surface area (Å²) < 4.78 is 12.0. The Balaban J connectivity index is 2.37. The highest BCUT2D eigenvalue weighted by molar-refractivity contribution is 5.96. The number of rotatable bonds is 6. The Morgan fingerprint density at radius 3 is 2.39 bits per heavy atom. The van der Waals surface area contributed by atoms with Crippen molar-refractivity contribution in [1.29, 1.82) is 0 Å². The lowest BCUT2D eigenvalue weighted by molar-refractivity contribution is 0.0612. The van der Waals surface area contributed by atoms with Crippen LogP contribution >= 0.6 is 0 Å². The number of amides is 2. The van der Waals surface area contributed by atoms with Crippen molar-refractivity contribution in [2.75, 3.05) is 12.0 Å². The fourth-order valence-corrected chi connectivity index (χ4v) is 2.34. The maximum absolute atomic E-state index is 12.6. The second kappa shape index (κ2) is 9.07. The van der Waals surface area contributed by atoms with Crippen LogP contribution in [0.2, 0.25) is 0 Å². The third-order valence-corrected chi connectivity index (χ3v) is 3.44. The normalized spacial score (nSPS) is 10.9. The smallest absolute Gasteiger partial charge is 0.426 e. The van der Waals surface area contributed by atoms with Gasteiger partial charge in [0.25, 0.3) is 5.91 Å². The van der Waals surface area contributed by atoms with Crippen LogP contribution in [-0.2, 0) is 11.3 Å². The quantitative estimate of drug-likeness (QED) is 0.794. The number of hydrogen-bond acceptors (Lipinski definition) is 5. The fourth-order valence-electron chi connectivity index (χ4n) is 2.34. The standard InChI is InChI=1S/C20H25N3O5/c1-5-21-18(25)16-17(27-13-14-9-7-6-8-10-14)15(24)11-12-23(16)22-19(26)28-20(2,3)4/h6-12H,5,13H2,1-4H3,(H,21,25)(H,22,26). The maximum Gasteiger partial charge on any atom is 0.426 e. The van der Waals surface area contributed by atoms with E-state index in [4.69, 9.17) is 9.47 Å². The van der Waals surface area contributed by atoms with Crippen LogP contribution in [0.15, 0.2) is 47.4 Å². The SMILES string of the molecule is CCNC(=O)c1c(OCc2ccccc2)c(=O)ccn1NC(=O)OC(C)(C)C. The second-order valence-corrected chi connectivity index (χ2v) is 6.98. The molecule has 150 valence electrons. The average Bonchev–Trinajstić information content (AvgIpc) is 2.61. The lowest BCUT2D eigenvalue weighted by Crippen LogP contribution is -2.37. The van der Waals surface area contributed by atoms with E-state index in [0.717, 1.165) is 10.2 Å². The molecule has 0 atom stereocenters. The van der Waals surface area contributed by atoms with Crippen molar-refractivity contribution in [3.63, 3.8) is 0 Å². The summed E-state index contributed by atoms with van der Waals surface area (Å²) in [4.78, 5) is 37.1. The first-order valence-electron chi connectivity index (χ1n) is 8.92. The fraction of sp³-hybridized carbons (Fsp3) is 0.350. The molecule has 0 aliphatic rings. The van der Waals surface area contributed by atoms with Gasteiger partial charge in [-0.15, -0.1) is 0 Å². The molecule has 8 heteroatoms. The van der Waals surface area contributed by atoms with E-state index in [-0.39, 0.29) is 18.1 Å². The molecule has 0 spiro atoms. The number of nitrogens with zero attached hydrogens (tertiary/aromatic N) is 1. The molecule has 0 unspecified atom stereocenters. The van der Waals surface area contributed by atoms with E-state index in [0.29, 0.717) is 6.54 Å². The molecule has 0 aliphatic carbocycles. The van der Waals surface area contributed by atoms with Crippen LogP contribution in [-0.4, -0.2) is 28.8 Å². The van der Waals surface area contributed by atoms with Gasteiger partial charge in [0.1, 0.15) is 12.2 Å². The molecule has 0 radical (unpaired) electrons. The molecule has 1 aromatic carbocycles. The van der Waals surface area contributed by atoms with Gasteiger partial charge >= 0.3 is 6.09 Å². The Hall–Kier alpha value is -3.29. The maximum atomic E-state index is 12.6. The predicted octanol–water partition coefficient (Wildman–Crippen LogP) is 2.66. The van der Waals surface area contributed by atoms with Crippen molar-refractivity contribution >= 4 is 12.0 Å². The number of pyridine rings is 1. The number of benzene rings is 1. The molecule has 28 heavy (non-hydrogen) atoms. The molecule has 0 bridgehead atoms. The lowest BCUT2D eigenvalue weighted by Gasteiger charge is -2.22. The zero-order valence-corrected chi connectivity index (χ0v) is 16.4. The van der Waals surface area contributed by atoms with Gasteiger partial charge in [-0.25, -0.2) is 14.9 Å². The largest absolute Gasteiger partial charge is 0.482 e. The molecule has 0 fully saturated rings. The molecular weight excluding hydrogens is 362 g/mol. The summed E-state index contributed by atoms with van der Waals surface area (Å²) in [6.45, 7) is 7.34. The zero-order chi connectivity index (χ0) is 20.7. The topological polar surface area (TPSA) is 98.7 Å². The van der Waals surface area contributed by atoms with E-state index >= 15 is 0 Å². The van der Waals surface area contributed by atoms with Gasteiger partial charge in [0.2, 0.25) is 5.43 Å². The second-order valence-electron chi connectivity index (χ2n) is 6.98. The molecule has 2 rings (SSSR count). The molecule has 1 heterocycles. The third-order valence-electron chi connectivity index (χ3n) is 3.44. The van der Waals surface area contributed by atoms with E-state index in [9.17, 15) is 14.4 Å². The average molecular weight is 387 g/mol. The molecule has 2 N–H and O–H groups in total. The minimum Gasteiger partial charge on any atom is -0.482 e. The highest BCUT2D eigenvalue weighted by Gasteiger charge is 2.23. The van der Waals surface area contributed by atoms with Crippen molar-refractivity contribution in [2.24, 2.45) is 0 Å². The third kappa shape index (κ3) is 5.87. The van der Waals surface area contributed by atoms with Crippen LogP contribution < -0.4 is 20.9 Å². The highest BCUT2D eigenvalue weighted by atomic mass is 16.6. The molecule has 0 saturated carbocycles. The van der Waals surface area contributed by atoms with E-state index < -0.39 is 23.0 Å². The zero-order valence-electron chi connectivity index (χ0n) is 16.4. The van der Waals surface area contributed by atoms with Gasteiger partial charge in [0, 0.05) is 18.8 Å². The van der Waals surface area contributed by atoms with E-state index in [1.54, 1.807) is 27.7 Å². The van der Waals surface area contributed by atoms with Crippen molar-refractivity contribution in [3.8, 4) is 5.75 Å². The summed E-state index contributed by atoms with van der Waals surface area (Å²) in [5.74, 6) is -0.715. The minimum absolute atomic E-state index is 0.0962. The Morgan fingerprint density at radius 1 is 1.11 bits per heavy atom. The van der Waals surface area contributed by atoms with Gasteiger partial charge in [-0.2, -0.15) is 0 Å². The van der Waals surface area contributed by atoms with Crippen LogP contribution in [0.1, 0.15) is 43.7 Å². The first-order chi connectivity index (χ1) is 13.2. The molecule has 0 saturated heterocycles. The Kier molecular flexibility index (Phi) is 6.81. The molecule has 2 amide bonds. The number of aromatic nitrogens is 1. The summed E-state index contributed by atoms with van der Waals surface area (Å²) in [7, 11) is 0. The van der Waals surface area contributed by atoms with Crippen molar-refractivity contribution < 1.29 is 19.1 Å². The summed E-state index contributed by atoms with van der Waals surface area (Å²) in [6.07, 6.45) is 0.516. The monoisotopic (exact) mass is 387 g/mol. The van der Waals surface area contributed by atoms with Crippen molar-refractivity contribution in [3.05, 3.63) is 64.1 Å². The summed E-state index contributed by atoms with van der Waals surface area (Å²) >= 11 is 0. The first kappa shape index (κ1) is 21.0. The Bertz CT molecular complexity index is 885. The van der Waals surface area contributed by atoms with Crippen LogP contribution in [0.3, 0.4) is 0 Å². The van der Waals surface area contributed by atoms with Gasteiger partial charge in [-0.3, -0.25) is 9.59 Å². The van der Waals surface area contributed by atoms with Crippen molar-refractivity contribution in [1.82, 2.24) is 9.99 Å². The van der Waals surface area contributed by atoms with Gasteiger partial charge < -0.3 is 14.8 Å². The molecule has 1 aromatic heterocycles. The van der Waals surface area contributed by atoms with Gasteiger partial charge in [-0.05, 0) is 33.3 Å². The highest BCUT2D eigenvalue weighted by Crippen LogP contribution is 2.15. The van der Waals surface area contributed by atoms with E-state index in [1.165, 1.54) is 12.3 Å². The van der Waals surface area contributed by atoms with Gasteiger partial charge in [0.05, 0.1) is 0 Å². The van der Waals surface area contributed by atoms with E-state index in [1.807, 2.05) is 30.3 Å². The summed E-state index contributed by atoms with van der Waals surface area (Å²) in [5, 5.41) is 2.62. The van der Waals surface area contributed by atoms with Gasteiger partial charge in [0.15, 0.2) is 11.4 Å². The Morgan fingerprint density at radius 2 is 1.79 bits per heavy atom. The number of hydrogen-bond donors (Lipinski definition) is 2. The number of carbonyl (C=O) groups excluding carboxylic acids is 2. The van der Waals surface area contributed by atoms with E-state index in [2.05, 4.69) is 10.7 Å². The molecule has 0 aliphatic heterocycles. The minimum atomic E-state index is -0.768. The number of carbonyl (C=O) groups is 2.